The minimum Gasteiger partial charge on any atom is -0.304 e. The summed E-state index contributed by atoms with van der Waals surface area (Å²) in [6.45, 7) is 1.67. The molecule has 3 N–H and O–H groups in total. The molecule has 0 aliphatic carbocycles. The number of rotatable bonds is 4. The second-order valence-corrected chi connectivity index (χ2v) is 9.24. The molecule has 4 heterocycles. The minimum absolute atomic E-state index is 0.239. The molecule has 4 rings (SSSR count). The van der Waals surface area contributed by atoms with Crippen molar-refractivity contribution in [3.8, 4) is 6.07 Å². The molecule has 10 heteroatoms. The van der Waals surface area contributed by atoms with Gasteiger partial charge in [0.2, 0.25) is 5.82 Å². The highest BCUT2D eigenvalue weighted by molar-refractivity contribution is 8.24. The van der Waals surface area contributed by atoms with Crippen LogP contribution in [0.5, 0.6) is 0 Å². The highest BCUT2D eigenvalue weighted by Crippen LogP contribution is 2.40. The van der Waals surface area contributed by atoms with Crippen LogP contribution in [0.2, 0.25) is 0 Å². The number of carbonyl (C=O) groups is 1. The molecule has 1 aliphatic rings. The molecule has 0 aromatic carbocycles. The topological polar surface area (TPSA) is 127 Å². The van der Waals surface area contributed by atoms with Crippen LogP contribution < -0.4 is 5.32 Å². The zero-order valence-corrected chi connectivity index (χ0v) is 16.3. The molecule has 1 saturated heterocycles. The van der Waals surface area contributed by atoms with E-state index >= 15 is 0 Å². The number of pyridine rings is 2. The van der Waals surface area contributed by atoms with Gasteiger partial charge in [0.05, 0.1) is 28.3 Å². The van der Waals surface area contributed by atoms with E-state index in [2.05, 4.69) is 20.2 Å². The van der Waals surface area contributed by atoms with Crippen molar-refractivity contribution in [2.24, 2.45) is 0 Å². The van der Waals surface area contributed by atoms with Gasteiger partial charge in [-0.2, -0.15) is 15.9 Å². The first-order valence-corrected chi connectivity index (χ1v) is 10.9. The molecule has 0 spiro atoms. The second-order valence-electron chi connectivity index (χ2n) is 6.82. The Balaban J connectivity index is 1.56. The van der Waals surface area contributed by atoms with Gasteiger partial charge in [-0.05, 0) is 24.3 Å². The van der Waals surface area contributed by atoms with Crippen LogP contribution in [0.3, 0.4) is 0 Å². The lowest BCUT2D eigenvalue weighted by Crippen LogP contribution is -2.37. The summed E-state index contributed by atoms with van der Waals surface area (Å²) < 4.78 is 21.3. The lowest BCUT2D eigenvalue weighted by molar-refractivity contribution is 0.101. The van der Waals surface area contributed by atoms with Crippen LogP contribution in [0.4, 0.5) is 5.82 Å². The fourth-order valence-corrected chi connectivity index (χ4v) is 4.52. The first kappa shape index (κ1) is 19.4. The largest absolute Gasteiger partial charge is 0.304 e. The maximum Gasteiger partial charge on any atom is 0.293 e. The van der Waals surface area contributed by atoms with Gasteiger partial charge in [0.25, 0.3) is 5.91 Å². The Kier molecular flexibility index (Phi) is 5.21. The van der Waals surface area contributed by atoms with Crippen molar-refractivity contribution in [2.75, 3.05) is 29.9 Å². The van der Waals surface area contributed by atoms with E-state index in [0.717, 1.165) is 11.2 Å². The molecule has 150 valence electrons. The second kappa shape index (κ2) is 7.81. The van der Waals surface area contributed by atoms with Crippen LogP contribution in [-0.2, 0) is 6.54 Å². The molecular weight excluding hydrogens is 392 g/mol. The molecule has 3 aromatic heterocycles. The summed E-state index contributed by atoms with van der Waals surface area (Å²) in [5.74, 6) is 0.891. The summed E-state index contributed by atoms with van der Waals surface area (Å²) in [5, 5.41) is 11.6. The van der Waals surface area contributed by atoms with Gasteiger partial charge >= 0.3 is 0 Å². The van der Waals surface area contributed by atoms with Crippen LogP contribution in [0.25, 0.3) is 5.52 Å². The molecule has 0 atom stereocenters. The van der Waals surface area contributed by atoms with Gasteiger partial charge in [-0.25, -0.2) is 9.97 Å². The van der Waals surface area contributed by atoms with E-state index in [9.17, 15) is 13.9 Å². The molecule has 29 heavy (non-hydrogen) atoms. The Morgan fingerprint density at radius 1 is 1.24 bits per heavy atom. The van der Waals surface area contributed by atoms with E-state index in [0.29, 0.717) is 42.5 Å². The van der Waals surface area contributed by atoms with Crippen LogP contribution in [-0.4, -0.2) is 58.9 Å². The maximum atomic E-state index is 12.8. The smallest absolute Gasteiger partial charge is 0.293 e. The van der Waals surface area contributed by atoms with Gasteiger partial charge < -0.3 is 5.32 Å². The fraction of sp³-hybridized carbons (Fsp3) is 0.263. The Morgan fingerprint density at radius 2 is 2.03 bits per heavy atom. The number of hydrogen-bond donors (Lipinski definition) is 3. The third-order valence-corrected chi connectivity index (χ3v) is 6.48. The van der Waals surface area contributed by atoms with Crippen LogP contribution in [0.15, 0.2) is 42.7 Å². The van der Waals surface area contributed by atoms with E-state index < -0.39 is 16.5 Å². The van der Waals surface area contributed by atoms with Crippen LogP contribution >= 0.6 is 10.6 Å². The highest BCUT2D eigenvalue weighted by atomic mass is 32.3. The predicted molar refractivity (Wildman–Crippen MR) is 110 cm³/mol. The minimum atomic E-state index is -2.46. The SMILES string of the molecule is N#Cc1ccc(NC(=O)c2nc(CN3CCS(O)(O)CC3)c3ccccn23)nc1. The van der Waals surface area contributed by atoms with E-state index in [1.54, 1.807) is 22.7 Å². The highest BCUT2D eigenvalue weighted by Gasteiger charge is 2.24. The average molecular weight is 412 g/mol. The Labute approximate surface area is 169 Å². The number of hydrogen-bond acceptors (Lipinski definition) is 7. The van der Waals surface area contributed by atoms with Gasteiger partial charge in [-0.3, -0.25) is 23.2 Å². The summed E-state index contributed by atoms with van der Waals surface area (Å²) in [5.41, 5.74) is 1.99. The number of carbonyl (C=O) groups excluding carboxylic acids is 1. The summed E-state index contributed by atoms with van der Waals surface area (Å²) in [6.07, 6.45) is 3.17. The monoisotopic (exact) mass is 412 g/mol. The number of fused-ring (bicyclic) bond motifs is 1. The van der Waals surface area contributed by atoms with Crippen molar-refractivity contribution in [1.29, 1.82) is 5.26 Å². The number of nitriles is 1. The first-order chi connectivity index (χ1) is 13.9. The molecule has 1 aliphatic heterocycles. The fourth-order valence-electron chi connectivity index (χ4n) is 3.22. The number of nitrogens with one attached hydrogen (secondary N) is 1. The molecule has 9 nitrogen and oxygen atoms in total. The zero-order chi connectivity index (χ0) is 20.4. The molecule has 0 radical (unpaired) electrons. The summed E-state index contributed by atoms with van der Waals surface area (Å²) in [6, 6.07) is 10.7. The third-order valence-electron chi connectivity index (χ3n) is 4.80. The molecule has 1 amide bonds. The quantitative estimate of drug-likeness (QED) is 0.600. The normalized spacial score (nSPS) is 17.6. The van der Waals surface area contributed by atoms with Crippen molar-refractivity contribution < 1.29 is 13.9 Å². The van der Waals surface area contributed by atoms with Gasteiger partial charge in [0.1, 0.15) is 11.9 Å². The predicted octanol–water partition coefficient (Wildman–Crippen LogP) is 2.42. The van der Waals surface area contributed by atoms with Gasteiger partial charge in [-0.1, -0.05) is 6.07 Å². The molecule has 0 saturated carbocycles. The Hall–Kier alpha value is -2.97. The van der Waals surface area contributed by atoms with Crippen molar-refractivity contribution >= 4 is 27.8 Å². The number of aromatic nitrogens is 3. The number of nitrogens with zero attached hydrogens (tertiary/aromatic N) is 5. The van der Waals surface area contributed by atoms with Crippen molar-refractivity contribution in [3.05, 3.63) is 59.8 Å². The van der Waals surface area contributed by atoms with E-state index in [1.165, 1.54) is 6.20 Å². The summed E-state index contributed by atoms with van der Waals surface area (Å²) in [4.78, 5) is 23.5. The van der Waals surface area contributed by atoms with Gasteiger partial charge in [0.15, 0.2) is 0 Å². The maximum absolute atomic E-state index is 12.8. The number of anilines is 1. The van der Waals surface area contributed by atoms with Crippen molar-refractivity contribution in [3.63, 3.8) is 0 Å². The van der Waals surface area contributed by atoms with Crippen molar-refractivity contribution in [1.82, 2.24) is 19.3 Å². The summed E-state index contributed by atoms with van der Waals surface area (Å²) >= 11 is 0. The Morgan fingerprint density at radius 3 is 2.72 bits per heavy atom. The molecule has 3 aromatic rings. The Bertz CT molecular complexity index is 1080. The number of amides is 1. The van der Waals surface area contributed by atoms with Gasteiger partial charge in [-0.15, -0.1) is 0 Å². The lowest BCUT2D eigenvalue weighted by atomic mass is 10.3. The van der Waals surface area contributed by atoms with E-state index in [-0.39, 0.29) is 5.82 Å². The lowest BCUT2D eigenvalue weighted by Gasteiger charge is -2.40. The molecule has 0 unspecified atom stereocenters. The third kappa shape index (κ3) is 4.23. The van der Waals surface area contributed by atoms with Crippen LogP contribution in [0.1, 0.15) is 21.9 Å². The molecule has 1 fully saturated rings. The van der Waals surface area contributed by atoms with Crippen LogP contribution in [0, 0.1) is 11.3 Å². The van der Waals surface area contributed by atoms with Gasteiger partial charge in [0, 0.05) is 32.0 Å². The van der Waals surface area contributed by atoms with E-state index in [1.807, 2.05) is 24.3 Å². The van der Waals surface area contributed by atoms with E-state index in [4.69, 9.17) is 5.26 Å². The molecular formula is C19H20N6O3S. The van der Waals surface area contributed by atoms with Crippen molar-refractivity contribution in [2.45, 2.75) is 6.54 Å². The summed E-state index contributed by atoms with van der Waals surface area (Å²) in [7, 11) is -2.46. The first-order valence-electron chi connectivity index (χ1n) is 9.04. The molecule has 0 bridgehead atoms. The standard InChI is InChI=1S/C19H20N6O3S/c20-11-14-4-5-17(21-12-14)23-19(26)18-22-15(16-3-1-2-6-25(16)18)13-24-7-9-29(27,28)10-8-24/h1-6,12,27-28H,7-10,13H2,(H,21,23,26). The average Bonchev–Trinajstić information content (AvgIpc) is 3.09. The number of imidazole rings is 1. The zero-order valence-electron chi connectivity index (χ0n) is 15.5.